The van der Waals surface area contributed by atoms with E-state index >= 15 is 0 Å². The molecular weight excluding hydrogens is 584 g/mol. The highest BCUT2D eigenvalue weighted by molar-refractivity contribution is 5.89. The summed E-state index contributed by atoms with van der Waals surface area (Å²) in [6.45, 7) is 13.2. The molecule has 3 aliphatic rings. The Balaban J connectivity index is 1.64. The summed E-state index contributed by atoms with van der Waals surface area (Å²) in [5.41, 5.74) is 18.8. The lowest BCUT2D eigenvalue weighted by Gasteiger charge is -2.50. The Morgan fingerprint density at radius 1 is 0.778 bits per heavy atom. The Bertz CT molecular complexity index is 1230. The third-order valence-corrected chi connectivity index (χ3v) is 9.47. The molecule has 15 atom stereocenters. The summed E-state index contributed by atoms with van der Waals surface area (Å²) in [5.74, 6) is -1.67. The fraction of sp³-hybridized carbons (Fsp3) is 0.774. The van der Waals surface area contributed by atoms with Crippen molar-refractivity contribution < 1.29 is 38.3 Å². The van der Waals surface area contributed by atoms with Gasteiger partial charge in [-0.05, 0) is 61.7 Å². The standard InChI is InChI=1S/C31H46N6O8/c1-8-21-25(38)15(3)24(35-37-33)30(42-21)44-26-17(5)28(43-29(39)20-13-11-10-12-14-20)31(41-19(26)7)45-27-16(4)23(34-36-32)18(6)40-22(27)9-2/h10-19,21-28,30-31,38H,8-9H2,1-7H3/t15-,16-,17+,18+,19?,21?,22?,23?,24?,25-,26-,27-,28?,30+,31+/m1/s1. The van der Waals surface area contributed by atoms with Gasteiger partial charge in [0.1, 0.15) is 0 Å². The third kappa shape index (κ3) is 7.56. The maximum atomic E-state index is 13.4. The average Bonchev–Trinajstić information content (AvgIpc) is 3.03. The average molecular weight is 631 g/mol. The number of hydrogen-bond acceptors (Lipinski definition) is 10. The highest BCUT2D eigenvalue weighted by atomic mass is 16.7. The first kappa shape index (κ1) is 34.9. The summed E-state index contributed by atoms with van der Waals surface area (Å²) in [6, 6.07) is 7.37. The van der Waals surface area contributed by atoms with Crippen molar-refractivity contribution in [1.29, 1.82) is 0 Å². The highest BCUT2D eigenvalue weighted by Gasteiger charge is 2.52. The van der Waals surface area contributed by atoms with E-state index in [2.05, 4.69) is 20.1 Å². The van der Waals surface area contributed by atoms with E-state index in [0.717, 1.165) is 0 Å². The lowest BCUT2D eigenvalue weighted by atomic mass is 9.85. The molecule has 0 saturated carbocycles. The van der Waals surface area contributed by atoms with Gasteiger partial charge in [-0.1, -0.05) is 63.0 Å². The van der Waals surface area contributed by atoms with Gasteiger partial charge in [0.25, 0.3) is 0 Å². The van der Waals surface area contributed by atoms with Crippen LogP contribution in [0.4, 0.5) is 0 Å². The molecule has 0 spiro atoms. The number of aliphatic hydroxyl groups is 1. The highest BCUT2D eigenvalue weighted by Crippen LogP contribution is 2.39. The molecule has 4 rings (SSSR count). The van der Waals surface area contributed by atoms with E-state index in [1.165, 1.54) is 0 Å². The van der Waals surface area contributed by atoms with Crippen molar-refractivity contribution in [3.8, 4) is 0 Å². The smallest absolute Gasteiger partial charge is 0.338 e. The SMILES string of the molecule is CCC1O[C@@H](O[C@H]2C(C)O[C@@H](O[C@H]3C(CC)O[C@@H](C)C(N=[N+]=[N-])[C@H]3C)C(OC(=O)c3ccccc3)[C@H]2C)C(N=[N+]=[N-])[C@@H](C)[C@H]1O. The fourth-order valence-electron chi connectivity index (χ4n) is 6.80. The van der Waals surface area contributed by atoms with Crippen LogP contribution in [-0.4, -0.2) is 84.6 Å². The Labute approximate surface area is 263 Å². The first-order chi connectivity index (χ1) is 21.6. The molecule has 14 nitrogen and oxygen atoms in total. The minimum Gasteiger partial charge on any atom is -0.453 e. The summed E-state index contributed by atoms with van der Waals surface area (Å²) in [7, 11) is 0. The van der Waals surface area contributed by atoms with Gasteiger partial charge < -0.3 is 33.5 Å². The number of nitrogens with zero attached hydrogens (tertiary/aromatic N) is 6. The lowest BCUT2D eigenvalue weighted by molar-refractivity contribution is -0.341. The number of ether oxygens (including phenoxy) is 6. The number of aliphatic hydroxyl groups excluding tert-OH is 1. The summed E-state index contributed by atoms with van der Waals surface area (Å²) >= 11 is 0. The molecule has 3 saturated heterocycles. The molecule has 0 radical (unpaired) electrons. The zero-order valence-corrected chi connectivity index (χ0v) is 26.9. The number of azide groups is 2. The van der Waals surface area contributed by atoms with Crippen molar-refractivity contribution in [2.45, 2.75) is 135 Å². The summed E-state index contributed by atoms with van der Waals surface area (Å²) < 4.78 is 38.0. The molecule has 45 heavy (non-hydrogen) atoms. The van der Waals surface area contributed by atoms with Crippen LogP contribution in [-0.2, 0) is 28.4 Å². The maximum Gasteiger partial charge on any atom is 0.338 e. The molecule has 0 aromatic heterocycles. The molecule has 1 aromatic carbocycles. The van der Waals surface area contributed by atoms with Crippen LogP contribution in [0.1, 0.15) is 71.7 Å². The fourth-order valence-corrected chi connectivity index (χ4v) is 6.80. The first-order valence-corrected chi connectivity index (χ1v) is 15.9. The number of esters is 1. The Morgan fingerprint density at radius 2 is 1.40 bits per heavy atom. The van der Waals surface area contributed by atoms with E-state index in [1.807, 2.05) is 47.6 Å². The van der Waals surface area contributed by atoms with Crippen LogP contribution < -0.4 is 0 Å². The van der Waals surface area contributed by atoms with Crippen LogP contribution in [0.2, 0.25) is 0 Å². The predicted octanol–water partition coefficient (Wildman–Crippen LogP) is 5.69. The second-order valence-electron chi connectivity index (χ2n) is 12.3. The summed E-state index contributed by atoms with van der Waals surface area (Å²) in [6.07, 6.45) is -5.44. The van der Waals surface area contributed by atoms with E-state index in [1.54, 1.807) is 31.2 Å². The van der Waals surface area contributed by atoms with Crippen molar-refractivity contribution >= 4 is 5.97 Å². The van der Waals surface area contributed by atoms with Crippen molar-refractivity contribution in [3.63, 3.8) is 0 Å². The molecule has 0 amide bonds. The molecular formula is C31H46N6O8. The number of hydrogen-bond donors (Lipinski definition) is 1. The van der Waals surface area contributed by atoms with Crippen LogP contribution in [0.5, 0.6) is 0 Å². The van der Waals surface area contributed by atoms with Gasteiger partial charge in [0, 0.05) is 15.7 Å². The minimum atomic E-state index is -1.00. The van der Waals surface area contributed by atoms with Crippen LogP contribution in [0.25, 0.3) is 20.9 Å². The van der Waals surface area contributed by atoms with E-state index in [0.29, 0.717) is 18.4 Å². The van der Waals surface area contributed by atoms with Crippen molar-refractivity contribution in [2.24, 2.45) is 28.0 Å². The molecule has 248 valence electrons. The van der Waals surface area contributed by atoms with Gasteiger partial charge in [0.15, 0.2) is 18.7 Å². The molecule has 6 unspecified atom stereocenters. The van der Waals surface area contributed by atoms with Gasteiger partial charge in [0.2, 0.25) is 0 Å². The van der Waals surface area contributed by atoms with Gasteiger partial charge in [-0.2, -0.15) is 0 Å². The first-order valence-electron chi connectivity index (χ1n) is 15.9. The van der Waals surface area contributed by atoms with E-state index in [4.69, 9.17) is 28.4 Å². The van der Waals surface area contributed by atoms with E-state index < -0.39 is 79.1 Å². The zero-order chi connectivity index (χ0) is 32.8. The predicted molar refractivity (Wildman–Crippen MR) is 163 cm³/mol. The number of carbonyl (C=O) groups is 1. The van der Waals surface area contributed by atoms with Crippen molar-refractivity contribution in [1.82, 2.24) is 0 Å². The van der Waals surface area contributed by atoms with Crippen LogP contribution >= 0.6 is 0 Å². The molecule has 1 N–H and O–H groups in total. The lowest BCUT2D eigenvalue weighted by Crippen LogP contribution is -2.61. The second kappa shape index (κ2) is 15.6. The van der Waals surface area contributed by atoms with Gasteiger partial charge >= 0.3 is 5.97 Å². The van der Waals surface area contributed by atoms with Crippen molar-refractivity contribution in [3.05, 3.63) is 56.8 Å². The Kier molecular flexibility index (Phi) is 12.1. The number of benzene rings is 1. The van der Waals surface area contributed by atoms with Crippen LogP contribution in [0.15, 0.2) is 40.6 Å². The molecule has 0 bridgehead atoms. The van der Waals surface area contributed by atoms with Crippen LogP contribution in [0.3, 0.4) is 0 Å². The van der Waals surface area contributed by atoms with Gasteiger partial charge in [-0.3, -0.25) is 0 Å². The second-order valence-corrected chi connectivity index (χ2v) is 12.3. The minimum absolute atomic E-state index is 0.220. The third-order valence-electron chi connectivity index (χ3n) is 9.47. The summed E-state index contributed by atoms with van der Waals surface area (Å²) in [4.78, 5) is 19.4. The van der Waals surface area contributed by atoms with Gasteiger partial charge in [-0.15, -0.1) is 0 Å². The van der Waals surface area contributed by atoms with Crippen LogP contribution in [0, 0.1) is 17.8 Å². The van der Waals surface area contributed by atoms with Crippen molar-refractivity contribution in [2.75, 3.05) is 0 Å². The Hall–Kier alpha value is -2.93. The Morgan fingerprint density at radius 3 is 2.02 bits per heavy atom. The molecule has 3 heterocycles. The molecule has 3 aliphatic heterocycles. The maximum absolute atomic E-state index is 13.4. The topological polar surface area (TPSA) is 190 Å². The molecule has 3 fully saturated rings. The molecule has 1 aromatic rings. The van der Waals surface area contributed by atoms with E-state index in [9.17, 15) is 21.0 Å². The molecule has 0 aliphatic carbocycles. The van der Waals surface area contributed by atoms with Gasteiger partial charge in [0.05, 0.1) is 60.4 Å². The largest absolute Gasteiger partial charge is 0.453 e. The quantitative estimate of drug-likeness (QED) is 0.148. The zero-order valence-electron chi connectivity index (χ0n) is 26.9. The number of rotatable bonds is 10. The van der Waals surface area contributed by atoms with Gasteiger partial charge in [-0.25, -0.2) is 4.79 Å². The number of carbonyl (C=O) groups excluding carboxylic acids is 1. The van der Waals surface area contributed by atoms with E-state index in [-0.39, 0.29) is 18.1 Å². The summed E-state index contributed by atoms with van der Waals surface area (Å²) in [5, 5.41) is 18.6. The monoisotopic (exact) mass is 630 g/mol. The normalized spacial score (nSPS) is 41.7. The molecule has 14 heteroatoms.